The molecule has 0 bridgehead atoms. The van der Waals surface area contributed by atoms with Crippen molar-refractivity contribution in [3.8, 4) is 11.4 Å². The van der Waals surface area contributed by atoms with Gasteiger partial charge in [0.1, 0.15) is 5.69 Å². The van der Waals surface area contributed by atoms with Crippen LogP contribution in [0.2, 0.25) is 0 Å². The highest BCUT2D eigenvalue weighted by Crippen LogP contribution is 2.25. The molecule has 1 aromatic carbocycles. The summed E-state index contributed by atoms with van der Waals surface area (Å²) >= 11 is 1.38. The van der Waals surface area contributed by atoms with Crippen LogP contribution in [-0.2, 0) is 5.54 Å². The van der Waals surface area contributed by atoms with Crippen molar-refractivity contribution in [2.45, 2.75) is 26.3 Å². The first-order valence-electron chi connectivity index (χ1n) is 8.58. The molecular formula is C20H19N5OS. The van der Waals surface area contributed by atoms with Gasteiger partial charge in [0.15, 0.2) is 5.13 Å². The Kier molecular flexibility index (Phi) is 4.24. The maximum absolute atomic E-state index is 12.6. The average Bonchev–Trinajstić information content (AvgIpc) is 3.28. The van der Waals surface area contributed by atoms with E-state index >= 15 is 0 Å². The molecule has 0 fully saturated rings. The molecule has 0 saturated heterocycles. The molecule has 1 N–H and O–H groups in total. The number of aromatic nitrogens is 4. The lowest BCUT2D eigenvalue weighted by molar-refractivity contribution is 0.102. The number of nitrogens with one attached hydrogen (secondary N) is 1. The fourth-order valence-corrected chi connectivity index (χ4v) is 3.52. The van der Waals surface area contributed by atoms with Gasteiger partial charge in [-0.25, -0.2) is 9.97 Å². The minimum Gasteiger partial charge on any atom is -0.325 e. The van der Waals surface area contributed by atoms with E-state index in [2.05, 4.69) is 45.6 Å². The number of hydrogen-bond donors (Lipinski definition) is 1. The fourth-order valence-electron chi connectivity index (χ4n) is 2.82. The van der Waals surface area contributed by atoms with Gasteiger partial charge in [-0.05, 0) is 51.1 Å². The SMILES string of the molecule is CC(C)(C)n1cnc2cc(C(=O)Nc3nc(-c4ccccn4)cs3)ccc21. The number of thiazole rings is 1. The van der Waals surface area contributed by atoms with Gasteiger partial charge in [-0.2, -0.15) is 0 Å². The highest BCUT2D eigenvalue weighted by Gasteiger charge is 2.17. The second-order valence-corrected chi connectivity index (χ2v) is 8.05. The Morgan fingerprint density at radius 1 is 1.11 bits per heavy atom. The van der Waals surface area contributed by atoms with Crippen LogP contribution in [0.15, 0.2) is 54.3 Å². The minimum atomic E-state index is -0.205. The van der Waals surface area contributed by atoms with Crippen LogP contribution in [0.25, 0.3) is 22.4 Å². The van der Waals surface area contributed by atoms with Crippen molar-refractivity contribution in [2.75, 3.05) is 5.32 Å². The smallest absolute Gasteiger partial charge is 0.257 e. The Balaban J connectivity index is 1.56. The highest BCUT2D eigenvalue weighted by atomic mass is 32.1. The van der Waals surface area contributed by atoms with E-state index in [1.807, 2.05) is 42.0 Å². The van der Waals surface area contributed by atoms with Gasteiger partial charge in [-0.1, -0.05) is 6.07 Å². The predicted molar refractivity (Wildman–Crippen MR) is 108 cm³/mol. The highest BCUT2D eigenvalue weighted by molar-refractivity contribution is 7.14. The number of nitrogens with zero attached hydrogens (tertiary/aromatic N) is 4. The van der Waals surface area contributed by atoms with Crippen molar-refractivity contribution in [3.63, 3.8) is 0 Å². The van der Waals surface area contributed by atoms with Gasteiger partial charge in [-0.15, -0.1) is 11.3 Å². The Morgan fingerprint density at radius 3 is 2.70 bits per heavy atom. The van der Waals surface area contributed by atoms with Gasteiger partial charge >= 0.3 is 0 Å². The summed E-state index contributed by atoms with van der Waals surface area (Å²) in [4.78, 5) is 25.8. The molecule has 27 heavy (non-hydrogen) atoms. The number of pyridine rings is 1. The Hall–Kier alpha value is -3.06. The minimum absolute atomic E-state index is 0.0682. The lowest BCUT2D eigenvalue weighted by Crippen LogP contribution is -2.20. The predicted octanol–water partition coefficient (Wildman–Crippen LogP) is 4.56. The van der Waals surface area contributed by atoms with Crippen molar-refractivity contribution in [2.24, 2.45) is 0 Å². The van der Waals surface area contributed by atoms with Crippen LogP contribution in [0.4, 0.5) is 5.13 Å². The van der Waals surface area contributed by atoms with Crippen LogP contribution in [0.5, 0.6) is 0 Å². The van der Waals surface area contributed by atoms with Crippen LogP contribution < -0.4 is 5.32 Å². The van der Waals surface area contributed by atoms with Gasteiger partial charge < -0.3 is 4.57 Å². The third-order valence-corrected chi connectivity index (χ3v) is 4.94. The molecule has 0 aliphatic carbocycles. The molecule has 0 aliphatic rings. The monoisotopic (exact) mass is 377 g/mol. The Labute approximate surface area is 160 Å². The Morgan fingerprint density at radius 2 is 1.96 bits per heavy atom. The molecule has 4 aromatic rings. The van der Waals surface area contributed by atoms with E-state index in [9.17, 15) is 4.79 Å². The first-order valence-corrected chi connectivity index (χ1v) is 9.46. The summed E-state index contributed by atoms with van der Waals surface area (Å²) < 4.78 is 2.10. The van der Waals surface area contributed by atoms with Gasteiger partial charge in [0, 0.05) is 22.7 Å². The molecule has 6 nitrogen and oxygen atoms in total. The van der Waals surface area contributed by atoms with Gasteiger partial charge in [0.25, 0.3) is 5.91 Å². The molecule has 0 saturated carbocycles. The number of amides is 1. The second kappa shape index (κ2) is 6.59. The number of rotatable bonds is 3. The van der Waals surface area contributed by atoms with E-state index < -0.39 is 0 Å². The first kappa shape index (κ1) is 17.4. The van der Waals surface area contributed by atoms with E-state index in [1.54, 1.807) is 12.3 Å². The molecule has 0 unspecified atom stereocenters. The molecule has 0 radical (unpaired) electrons. The zero-order chi connectivity index (χ0) is 19.0. The average molecular weight is 377 g/mol. The Bertz CT molecular complexity index is 1110. The number of carbonyl (C=O) groups is 1. The van der Waals surface area contributed by atoms with Crippen molar-refractivity contribution in [1.82, 2.24) is 19.5 Å². The van der Waals surface area contributed by atoms with E-state index in [4.69, 9.17) is 0 Å². The maximum Gasteiger partial charge on any atom is 0.257 e. The van der Waals surface area contributed by atoms with Crippen molar-refractivity contribution in [1.29, 1.82) is 0 Å². The quantitative estimate of drug-likeness (QED) is 0.568. The molecule has 0 spiro atoms. The van der Waals surface area contributed by atoms with Gasteiger partial charge in [-0.3, -0.25) is 15.1 Å². The molecule has 136 valence electrons. The maximum atomic E-state index is 12.6. The van der Waals surface area contributed by atoms with Crippen LogP contribution in [0.3, 0.4) is 0 Å². The fraction of sp³-hybridized carbons (Fsp3) is 0.200. The third-order valence-electron chi connectivity index (χ3n) is 4.18. The number of anilines is 1. The summed E-state index contributed by atoms with van der Waals surface area (Å²) in [6, 6.07) is 11.2. The van der Waals surface area contributed by atoms with Crippen LogP contribution >= 0.6 is 11.3 Å². The summed E-state index contributed by atoms with van der Waals surface area (Å²) in [6.45, 7) is 6.36. The van der Waals surface area contributed by atoms with Gasteiger partial charge in [0.05, 0.1) is 23.1 Å². The van der Waals surface area contributed by atoms with E-state index in [-0.39, 0.29) is 11.4 Å². The largest absolute Gasteiger partial charge is 0.325 e. The number of imidazole rings is 1. The standard InChI is InChI=1S/C20H19N5OS/c1-20(2,3)25-12-22-15-10-13(7-8-17(15)25)18(26)24-19-23-16(11-27-19)14-6-4-5-9-21-14/h4-12H,1-3H3,(H,23,24,26). The molecule has 3 heterocycles. The molecule has 1 amide bonds. The topological polar surface area (TPSA) is 72.7 Å². The van der Waals surface area contributed by atoms with Crippen molar-refractivity contribution >= 4 is 33.4 Å². The summed E-state index contributed by atoms with van der Waals surface area (Å²) in [6.07, 6.45) is 3.53. The normalized spacial score (nSPS) is 11.7. The number of hydrogen-bond acceptors (Lipinski definition) is 5. The van der Waals surface area contributed by atoms with E-state index in [0.717, 1.165) is 22.4 Å². The molecule has 7 heteroatoms. The van der Waals surface area contributed by atoms with Gasteiger partial charge in [0.2, 0.25) is 0 Å². The molecule has 3 aromatic heterocycles. The van der Waals surface area contributed by atoms with Crippen LogP contribution in [0.1, 0.15) is 31.1 Å². The lowest BCUT2D eigenvalue weighted by Gasteiger charge is -2.21. The zero-order valence-corrected chi connectivity index (χ0v) is 16.1. The molecule has 0 aliphatic heterocycles. The number of benzene rings is 1. The van der Waals surface area contributed by atoms with E-state index in [1.165, 1.54) is 11.3 Å². The third kappa shape index (κ3) is 3.46. The van der Waals surface area contributed by atoms with Crippen LogP contribution in [-0.4, -0.2) is 25.4 Å². The molecule has 4 rings (SSSR count). The first-order chi connectivity index (χ1) is 12.9. The summed E-state index contributed by atoms with van der Waals surface area (Å²) in [7, 11) is 0. The second-order valence-electron chi connectivity index (χ2n) is 7.20. The molecular weight excluding hydrogens is 358 g/mol. The lowest BCUT2D eigenvalue weighted by atomic mass is 10.1. The van der Waals surface area contributed by atoms with Crippen molar-refractivity contribution in [3.05, 3.63) is 59.9 Å². The van der Waals surface area contributed by atoms with Crippen molar-refractivity contribution < 1.29 is 4.79 Å². The summed E-state index contributed by atoms with van der Waals surface area (Å²) in [5, 5.41) is 5.28. The zero-order valence-electron chi connectivity index (χ0n) is 15.3. The molecule has 0 atom stereocenters. The summed E-state index contributed by atoms with van der Waals surface area (Å²) in [5.41, 5.74) is 3.81. The summed E-state index contributed by atoms with van der Waals surface area (Å²) in [5.74, 6) is -0.205. The van der Waals surface area contributed by atoms with Crippen LogP contribution in [0, 0.1) is 0 Å². The number of fused-ring (bicyclic) bond motifs is 1. The van der Waals surface area contributed by atoms with E-state index in [0.29, 0.717) is 10.7 Å². The number of carbonyl (C=O) groups excluding carboxylic acids is 1.